The Morgan fingerprint density at radius 2 is 2.55 bits per heavy atom. The predicted octanol–water partition coefficient (Wildman–Crippen LogP) is 2.05. The van der Waals surface area contributed by atoms with Crippen LogP contribution in [-0.2, 0) is 0 Å². The highest BCUT2D eigenvalue weighted by molar-refractivity contribution is 7.99. The van der Waals surface area contributed by atoms with E-state index in [0.29, 0.717) is 6.04 Å². The van der Waals surface area contributed by atoms with Crippen LogP contribution in [0, 0.1) is 0 Å². The van der Waals surface area contributed by atoms with Crippen LogP contribution in [0.1, 0.15) is 19.8 Å². The molecule has 1 aliphatic heterocycles. The summed E-state index contributed by atoms with van der Waals surface area (Å²) in [6.07, 6.45) is 4.68. The molecule has 1 N–H and O–H groups in total. The molecule has 0 aliphatic carbocycles. The van der Waals surface area contributed by atoms with Crippen LogP contribution in [0.3, 0.4) is 0 Å². The fourth-order valence-electron chi connectivity index (χ4n) is 1.31. The molecule has 1 fully saturated rings. The van der Waals surface area contributed by atoms with E-state index in [1.807, 2.05) is 6.08 Å². The summed E-state index contributed by atoms with van der Waals surface area (Å²) in [6, 6.07) is 1.19. The van der Waals surface area contributed by atoms with Gasteiger partial charge in [-0.1, -0.05) is 6.08 Å². The topological polar surface area (TPSA) is 12.0 Å². The number of hydrogen-bond donors (Lipinski definition) is 1. The summed E-state index contributed by atoms with van der Waals surface area (Å²) in [6.45, 7) is 5.92. The van der Waals surface area contributed by atoms with Crippen LogP contribution in [0.25, 0.3) is 0 Å². The van der Waals surface area contributed by atoms with E-state index in [4.69, 9.17) is 0 Å². The van der Waals surface area contributed by atoms with E-state index in [2.05, 4.69) is 30.6 Å². The molecule has 0 amide bonds. The van der Waals surface area contributed by atoms with E-state index >= 15 is 0 Å². The Kier molecular flexibility index (Phi) is 4.02. The zero-order valence-electron chi connectivity index (χ0n) is 7.18. The number of nitrogens with one attached hydrogen (secondary N) is 1. The van der Waals surface area contributed by atoms with Crippen molar-refractivity contribution in [2.24, 2.45) is 0 Å². The van der Waals surface area contributed by atoms with Gasteiger partial charge < -0.3 is 5.32 Å². The Morgan fingerprint density at radius 3 is 3.09 bits per heavy atom. The van der Waals surface area contributed by atoms with Crippen molar-refractivity contribution in [1.29, 1.82) is 0 Å². The molecule has 0 radical (unpaired) electrons. The molecule has 0 bridgehead atoms. The van der Waals surface area contributed by atoms with Gasteiger partial charge in [0, 0.05) is 17.8 Å². The van der Waals surface area contributed by atoms with Crippen molar-refractivity contribution < 1.29 is 0 Å². The first-order valence-corrected chi connectivity index (χ1v) is 5.44. The molecule has 1 heterocycles. The van der Waals surface area contributed by atoms with Gasteiger partial charge >= 0.3 is 0 Å². The molecular formula is C9H17NS. The molecule has 1 rings (SSSR count). The number of rotatable bonds is 3. The van der Waals surface area contributed by atoms with E-state index in [0.717, 1.165) is 6.04 Å². The minimum absolute atomic E-state index is 0.471. The standard InChI is InChI=1S/C9H17NS/c1-3-8(2)10-9-5-4-6-11-7-9/h3,8-10H,1,4-7H2,2H3. The normalized spacial score (nSPS) is 27.9. The summed E-state index contributed by atoms with van der Waals surface area (Å²) in [5.74, 6) is 2.62. The Hall–Kier alpha value is 0.0500. The van der Waals surface area contributed by atoms with Gasteiger partial charge in [0.2, 0.25) is 0 Å². The van der Waals surface area contributed by atoms with Gasteiger partial charge in [0.15, 0.2) is 0 Å². The summed E-state index contributed by atoms with van der Waals surface area (Å²) >= 11 is 2.06. The smallest absolute Gasteiger partial charge is 0.0221 e. The van der Waals surface area contributed by atoms with Gasteiger partial charge in [-0.2, -0.15) is 11.8 Å². The van der Waals surface area contributed by atoms with E-state index in [1.165, 1.54) is 24.3 Å². The zero-order valence-corrected chi connectivity index (χ0v) is 7.99. The van der Waals surface area contributed by atoms with Gasteiger partial charge in [0.25, 0.3) is 0 Å². The molecule has 0 aromatic heterocycles. The fraction of sp³-hybridized carbons (Fsp3) is 0.778. The molecule has 0 spiro atoms. The maximum atomic E-state index is 3.76. The highest BCUT2D eigenvalue weighted by Crippen LogP contribution is 2.17. The number of thioether (sulfide) groups is 1. The molecule has 64 valence electrons. The second-order valence-corrected chi connectivity index (χ2v) is 4.25. The lowest BCUT2D eigenvalue weighted by Crippen LogP contribution is -2.38. The lowest BCUT2D eigenvalue weighted by atomic mass is 10.1. The first-order valence-electron chi connectivity index (χ1n) is 4.29. The monoisotopic (exact) mass is 171 g/mol. The molecule has 0 saturated carbocycles. The maximum Gasteiger partial charge on any atom is 0.0221 e. The van der Waals surface area contributed by atoms with E-state index < -0.39 is 0 Å². The lowest BCUT2D eigenvalue weighted by molar-refractivity contribution is 0.483. The SMILES string of the molecule is C=CC(C)NC1CCCSC1. The first-order chi connectivity index (χ1) is 5.33. The van der Waals surface area contributed by atoms with Crippen molar-refractivity contribution in [3.8, 4) is 0 Å². The van der Waals surface area contributed by atoms with Crippen LogP contribution in [0.2, 0.25) is 0 Å². The Morgan fingerprint density at radius 1 is 1.73 bits per heavy atom. The van der Waals surface area contributed by atoms with Crippen LogP contribution in [0.15, 0.2) is 12.7 Å². The maximum absolute atomic E-state index is 3.76. The Balaban J connectivity index is 2.18. The summed E-state index contributed by atoms with van der Waals surface area (Å²) < 4.78 is 0. The average Bonchev–Trinajstić information content (AvgIpc) is 2.06. The van der Waals surface area contributed by atoms with Gasteiger partial charge in [-0.05, 0) is 25.5 Å². The van der Waals surface area contributed by atoms with Gasteiger partial charge in [0.05, 0.1) is 0 Å². The van der Waals surface area contributed by atoms with Crippen LogP contribution in [-0.4, -0.2) is 23.6 Å². The first kappa shape index (κ1) is 9.14. The minimum Gasteiger partial charge on any atom is -0.307 e. The summed E-state index contributed by atoms with van der Waals surface area (Å²) in [5, 5.41) is 3.53. The minimum atomic E-state index is 0.471. The van der Waals surface area contributed by atoms with E-state index in [9.17, 15) is 0 Å². The second kappa shape index (κ2) is 4.83. The van der Waals surface area contributed by atoms with Crippen molar-refractivity contribution in [2.45, 2.75) is 31.8 Å². The summed E-state index contributed by atoms with van der Waals surface area (Å²) in [7, 11) is 0. The van der Waals surface area contributed by atoms with Crippen molar-refractivity contribution in [3.63, 3.8) is 0 Å². The molecule has 2 atom stereocenters. The third-order valence-corrected chi connectivity index (χ3v) is 3.23. The Bertz CT molecular complexity index is 119. The van der Waals surface area contributed by atoms with Crippen molar-refractivity contribution >= 4 is 11.8 Å². The fourth-order valence-corrected chi connectivity index (χ4v) is 2.40. The zero-order chi connectivity index (χ0) is 8.10. The molecular weight excluding hydrogens is 154 g/mol. The highest BCUT2D eigenvalue weighted by atomic mass is 32.2. The largest absolute Gasteiger partial charge is 0.307 e. The van der Waals surface area contributed by atoms with Gasteiger partial charge in [-0.15, -0.1) is 6.58 Å². The summed E-state index contributed by atoms with van der Waals surface area (Å²) in [5.41, 5.74) is 0. The van der Waals surface area contributed by atoms with Crippen LogP contribution >= 0.6 is 11.8 Å². The number of hydrogen-bond acceptors (Lipinski definition) is 2. The van der Waals surface area contributed by atoms with E-state index in [-0.39, 0.29) is 0 Å². The molecule has 2 unspecified atom stereocenters. The van der Waals surface area contributed by atoms with Crippen molar-refractivity contribution in [3.05, 3.63) is 12.7 Å². The van der Waals surface area contributed by atoms with E-state index in [1.54, 1.807) is 0 Å². The van der Waals surface area contributed by atoms with Crippen LogP contribution in [0.5, 0.6) is 0 Å². The quantitative estimate of drug-likeness (QED) is 0.652. The van der Waals surface area contributed by atoms with Crippen molar-refractivity contribution in [2.75, 3.05) is 11.5 Å². The molecule has 11 heavy (non-hydrogen) atoms. The van der Waals surface area contributed by atoms with Crippen LogP contribution in [0.4, 0.5) is 0 Å². The average molecular weight is 171 g/mol. The third-order valence-electron chi connectivity index (χ3n) is 2.01. The molecule has 1 aliphatic rings. The second-order valence-electron chi connectivity index (χ2n) is 3.11. The van der Waals surface area contributed by atoms with Gasteiger partial charge in [-0.25, -0.2) is 0 Å². The predicted molar refractivity (Wildman–Crippen MR) is 53.1 cm³/mol. The van der Waals surface area contributed by atoms with Gasteiger partial charge in [0.1, 0.15) is 0 Å². The molecule has 2 heteroatoms. The third kappa shape index (κ3) is 3.30. The van der Waals surface area contributed by atoms with Crippen LogP contribution < -0.4 is 5.32 Å². The highest BCUT2D eigenvalue weighted by Gasteiger charge is 2.13. The summed E-state index contributed by atoms with van der Waals surface area (Å²) in [4.78, 5) is 0. The Labute approximate surface area is 73.6 Å². The van der Waals surface area contributed by atoms with Gasteiger partial charge in [-0.3, -0.25) is 0 Å². The molecule has 1 nitrogen and oxygen atoms in total. The molecule has 0 aromatic rings. The molecule has 1 saturated heterocycles. The molecule has 0 aromatic carbocycles. The van der Waals surface area contributed by atoms with Crippen molar-refractivity contribution in [1.82, 2.24) is 5.32 Å². The lowest BCUT2D eigenvalue weighted by Gasteiger charge is -2.24.